The Morgan fingerprint density at radius 3 is 2.38 bits per heavy atom. The Kier molecular flexibility index (Phi) is 8.63. The molecule has 0 saturated carbocycles. The molecule has 1 fully saturated rings. The van der Waals surface area contributed by atoms with E-state index in [4.69, 9.17) is 0 Å². The van der Waals surface area contributed by atoms with E-state index in [9.17, 15) is 13.2 Å². The van der Waals surface area contributed by atoms with Gasteiger partial charge in [-0.3, -0.25) is 9.10 Å². The van der Waals surface area contributed by atoms with Gasteiger partial charge in [0.15, 0.2) is 0 Å². The molecular weight excluding hydrogens is 446 g/mol. The number of nitrogens with one attached hydrogen (secondary N) is 1. The van der Waals surface area contributed by atoms with Crippen molar-refractivity contribution < 1.29 is 13.2 Å². The average Bonchev–Trinajstić information content (AvgIpc) is 2.75. The average molecular weight is 486 g/mol. The number of benzene rings is 2. The van der Waals surface area contributed by atoms with Gasteiger partial charge in [0.2, 0.25) is 15.9 Å². The molecule has 1 N–H and O–H groups in total. The highest BCUT2D eigenvalue weighted by molar-refractivity contribution is 7.92. The van der Waals surface area contributed by atoms with Crippen LogP contribution in [0.5, 0.6) is 0 Å². The van der Waals surface area contributed by atoms with Crippen molar-refractivity contribution in [1.82, 2.24) is 5.32 Å². The SMILES string of the molecule is Cc1cc(C)cc(N(CCCC(=O)N[C@@H](C)c2ccc(N3CCC[C@H](C)C3)cc2)S(C)(=O)=O)c1. The lowest BCUT2D eigenvalue weighted by Gasteiger charge is -2.33. The first-order valence-corrected chi connectivity index (χ1v) is 14.1. The fourth-order valence-corrected chi connectivity index (χ4v) is 5.71. The maximum absolute atomic E-state index is 12.6. The molecule has 3 rings (SSSR count). The topological polar surface area (TPSA) is 69.7 Å². The van der Waals surface area contributed by atoms with Gasteiger partial charge in [-0.15, -0.1) is 0 Å². The molecule has 0 spiro atoms. The van der Waals surface area contributed by atoms with Crippen LogP contribution < -0.4 is 14.5 Å². The number of rotatable bonds is 9. The van der Waals surface area contributed by atoms with Gasteiger partial charge in [0.25, 0.3) is 0 Å². The maximum atomic E-state index is 12.6. The predicted molar refractivity (Wildman–Crippen MR) is 141 cm³/mol. The van der Waals surface area contributed by atoms with Crippen molar-refractivity contribution in [2.45, 2.75) is 59.4 Å². The van der Waals surface area contributed by atoms with Gasteiger partial charge in [-0.05, 0) is 86.9 Å². The van der Waals surface area contributed by atoms with Crippen LogP contribution in [0.1, 0.15) is 62.3 Å². The fourth-order valence-electron chi connectivity index (χ4n) is 4.76. The Bertz CT molecular complexity index is 1060. The lowest BCUT2D eigenvalue weighted by atomic mass is 9.99. The quantitative estimate of drug-likeness (QED) is 0.545. The lowest BCUT2D eigenvalue weighted by molar-refractivity contribution is -0.121. The van der Waals surface area contributed by atoms with Crippen LogP contribution in [-0.4, -0.2) is 40.2 Å². The number of carbonyl (C=O) groups is 1. The van der Waals surface area contributed by atoms with Crippen molar-refractivity contribution in [1.29, 1.82) is 0 Å². The summed E-state index contributed by atoms with van der Waals surface area (Å²) in [7, 11) is -3.43. The molecule has 186 valence electrons. The molecular formula is C27H39N3O3S. The lowest BCUT2D eigenvalue weighted by Crippen LogP contribution is -2.34. The second-order valence-electron chi connectivity index (χ2n) is 9.86. The molecule has 0 bridgehead atoms. The molecule has 0 unspecified atom stereocenters. The van der Waals surface area contributed by atoms with Gasteiger partial charge in [0, 0.05) is 31.7 Å². The summed E-state index contributed by atoms with van der Waals surface area (Å²) in [6.45, 7) is 10.6. The van der Waals surface area contributed by atoms with E-state index < -0.39 is 10.0 Å². The van der Waals surface area contributed by atoms with Crippen LogP contribution in [0.2, 0.25) is 0 Å². The zero-order chi connectivity index (χ0) is 24.9. The first-order chi connectivity index (χ1) is 16.0. The summed E-state index contributed by atoms with van der Waals surface area (Å²) < 4.78 is 26.1. The zero-order valence-electron chi connectivity index (χ0n) is 21.2. The molecule has 2 aromatic rings. The smallest absolute Gasteiger partial charge is 0.232 e. The van der Waals surface area contributed by atoms with Gasteiger partial charge >= 0.3 is 0 Å². The number of carbonyl (C=O) groups excluding carboxylic acids is 1. The Morgan fingerprint density at radius 1 is 1.15 bits per heavy atom. The minimum Gasteiger partial charge on any atom is -0.371 e. The molecule has 0 aliphatic carbocycles. The van der Waals surface area contributed by atoms with Gasteiger partial charge in [0.1, 0.15) is 0 Å². The molecule has 6 nitrogen and oxygen atoms in total. The Balaban J connectivity index is 1.53. The monoisotopic (exact) mass is 485 g/mol. The van der Waals surface area contributed by atoms with Crippen molar-refractivity contribution >= 4 is 27.3 Å². The number of aryl methyl sites for hydroxylation is 2. The van der Waals surface area contributed by atoms with Gasteiger partial charge < -0.3 is 10.2 Å². The maximum Gasteiger partial charge on any atom is 0.232 e. The summed E-state index contributed by atoms with van der Waals surface area (Å²) in [6.07, 6.45) is 4.45. The molecule has 0 aromatic heterocycles. The third-order valence-electron chi connectivity index (χ3n) is 6.45. The highest BCUT2D eigenvalue weighted by Gasteiger charge is 2.19. The van der Waals surface area contributed by atoms with E-state index in [0.717, 1.165) is 35.7 Å². The van der Waals surface area contributed by atoms with Gasteiger partial charge in [-0.2, -0.15) is 0 Å². The van der Waals surface area contributed by atoms with Gasteiger partial charge in [0.05, 0.1) is 18.0 Å². The van der Waals surface area contributed by atoms with Crippen LogP contribution in [0.25, 0.3) is 0 Å². The van der Waals surface area contributed by atoms with Crippen molar-refractivity contribution in [3.05, 3.63) is 59.2 Å². The van der Waals surface area contributed by atoms with Gasteiger partial charge in [-0.1, -0.05) is 25.1 Å². The highest BCUT2D eigenvalue weighted by atomic mass is 32.2. The third-order valence-corrected chi connectivity index (χ3v) is 7.65. The van der Waals surface area contributed by atoms with E-state index in [2.05, 4.69) is 41.4 Å². The predicted octanol–water partition coefficient (Wildman–Crippen LogP) is 4.96. The summed E-state index contributed by atoms with van der Waals surface area (Å²) in [4.78, 5) is 15.0. The number of hydrogen-bond donors (Lipinski definition) is 1. The van der Waals surface area contributed by atoms with E-state index >= 15 is 0 Å². The third kappa shape index (κ3) is 7.23. The summed E-state index contributed by atoms with van der Waals surface area (Å²) in [5.74, 6) is 0.649. The minimum atomic E-state index is -3.43. The molecule has 7 heteroatoms. The second kappa shape index (κ2) is 11.3. The van der Waals surface area contributed by atoms with E-state index in [1.54, 1.807) is 0 Å². The second-order valence-corrected chi connectivity index (χ2v) is 11.8. The number of nitrogens with zero attached hydrogens (tertiary/aromatic N) is 2. The van der Waals surface area contributed by atoms with Crippen molar-refractivity contribution in [2.24, 2.45) is 5.92 Å². The van der Waals surface area contributed by atoms with Crippen LogP contribution in [-0.2, 0) is 14.8 Å². The number of hydrogen-bond acceptors (Lipinski definition) is 4. The Morgan fingerprint density at radius 2 is 1.79 bits per heavy atom. The molecule has 1 aliphatic rings. The number of amides is 1. The normalized spacial score (nSPS) is 17.3. The Hall–Kier alpha value is -2.54. The molecule has 1 aliphatic heterocycles. The fraction of sp³-hybridized carbons (Fsp3) is 0.519. The van der Waals surface area contributed by atoms with E-state index in [0.29, 0.717) is 12.1 Å². The van der Waals surface area contributed by atoms with Gasteiger partial charge in [-0.25, -0.2) is 8.42 Å². The number of piperidine rings is 1. The zero-order valence-corrected chi connectivity index (χ0v) is 22.0. The highest BCUT2D eigenvalue weighted by Crippen LogP contribution is 2.25. The Labute approximate surface area is 205 Å². The number of sulfonamides is 1. The summed E-state index contributed by atoms with van der Waals surface area (Å²) >= 11 is 0. The number of anilines is 2. The standard InChI is InChI=1S/C27H39N3O3S/c1-20-8-6-14-29(19-20)25-12-10-24(11-13-25)23(4)28-27(31)9-7-15-30(34(5,32)33)26-17-21(2)16-22(3)18-26/h10-13,16-18,20,23H,6-9,14-15,19H2,1-5H3,(H,28,31)/t20-,23-/m0/s1. The minimum absolute atomic E-state index is 0.0738. The molecule has 1 heterocycles. The van der Waals surface area contributed by atoms with E-state index in [1.165, 1.54) is 29.1 Å². The van der Waals surface area contributed by atoms with E-state index in [-0.39, 0.29) is 24.9 Å². The van der Waals surface area contributed by atoms with Crippen LogP contribution in [0, 0.1) is 19.8 Å². The van der Waals surface area contributed by atoms with Crippen LogP contribution in [0.15, 0.2) is 42.5 Å². The molecule has 34 heavy (non-hydrogen) atoms. The van der Waals surface area contributed by atoms with Crippen molar-refractivity contribution in [3.8, 4) is 0 Å². The first kappa shape index (κ1) is 26.1. The van der Waals surface area contributed by atoms with Crippen LogP contribution in [0.3, 0.4) is 0 Å². The van der Waals surface area contributed by atoms with Crippen molar-refractivity contribution in [2.75, 3.05) is 35.1 Å². The molecule has 1 saturated heterocycles. The summed E-state index contributed by atoms with van der Waals surface area (Å²) in [6, 6.07) is 14.1. The van der Waals surface area contributed by atoms with Crippen LogP contribution >= 0.6 is 0 Å². The first-order valence-electron chi connectivity index (χ1n) is 12.2. The van der Waals surface area contributed by atoms with Crippen molar-refractivity contribution in [3.63, 3.8) is 0 Å². The molecule has 0 radical (unpaired) electrons. The summed E-state index contributed by atoms with van der Waals surface area (Å²) in [5.41, 5.74) is 4.97. The molecule has 2 atom stereocenters. The summed E-state index contributed by atoms with van der Waals surface area (Å²) in [5, 5.41) is 3.05. The molecule has 2 aromatic carbocycles. The van der Waals surface area contributed by atoms with Crippen LogP contribution in [0.4, 0.5) is 11.4 Å². The molecule has 1 amide bonds. The van der Waals surface area contributed by atoms with E-state index in [1.807, 2.05) is 39.0 Å². The largest absolute Gasteiger partial charge is 0.371 e.